The summed E-state index contributed by atoms with van der Waals surface area (Å²) in [6.45, 7) is 0.262. The van der Waals surface area contributed by atoms with E-state index in [9.17, 15) is 9.90 Å². The van der Waals surface area contributed by atoms with Crippen LogP contribution >= 0.6 is 0 Å². The predicted octanol–water partition coefficient (Wildman–Crippen LogP) is 2.43. The summed E-state index contributed by atoms with van der Waals surface area (Å²) in [6, 6.07) is 16.8. The summed E-state index contributed by atoms with van der Waals surface area (Å²) in [5.74, 6) is 0.725. The summed E-state index contributed by atoms with van der Waals surface area (Å²) in [4.78, 5) is 13.7. The largest absolute Gasteiger partial charge is 0.497 e. The van der Waals surface area contributed by atoms with Crippen LogP contribution in [0.4, 0.5) is 0 Å². The molecule has 0 saturated carbocycles. The number of aliphatic hydroxyl groups is 1. The minimum Gasteiger partial charge on any atom is -0.497 e. The molecule has 1 atom stereocenters. The van der Waals surface area contributed by atoms with Gasteiger partial charge < -0.3 is 14.7 Å². The number of aliphatic hydroxyl groups excluding tert-OH is 1. The van der Waals surface area contributed by atoms with Crippen molar-refractivity contribution in [2.45, 2.75) is 12.5 Å². The molecule has 0 aromatic heterocycles. The molecule has 0 spiro atoms. The zero-order valence-corrected chi connectivity index (χ0v) is 12.9. The van der Waals surface area contributed by atoms with Gasteiger partial charge in [0.1, 0.15) is 5.75 Å². The Hall–Kier alpha value is -2.33. The minimum atomic E-state index is -0.712. The summed E-state index contributed by atoms with van der Waals surface area (Å²) in [6.07, 6.45) is -0.372. The maximum absolute atomic E-state index is 12.2. The van der Waals surface area contributed by atoms with Crippen LogP contribution < -0.4 is 4.74 Å². The molecule has 0 aliphatic rings. The first kappa shape index (κ1) is 16.0. The van der Waals surface area contributed by atoms with E-state index in [0.29, 0.717) is 6.42 Å². The number of carbonyl (C=O) groups is 1. The van der Waals surface area contributed by atoms with Crippen LogP contribution in [0.1, 0.15) is 17.2 Å². The van der Waals surface area contributed by atoms with Crippen LogP contribution in [-0.4, -0.2) is 36.6 Å². The number of rotatable bonds is 6. The molecule has 4 nitrogen and oxygen atoms in total. The highest BCUT2D eigenvalue weighted by atomic mass is 16.5. The van der Waals surface area contributed by atoms with Crippen molar-refractivity contribution in [1.29, 1.82) is 0 Å². The van der Waals surface area contributed by atoms with Gasteiger partial charge in [0.15, 0.2) is 0 Å². The first-order valence-electron chi connectivity index (χ1n) is 7.20. The summed E-state index contributed by atoms with van der Waals surface area (Å²) < 4.78 is 5.09. The highest BCUT2D eigenvalue weighted by Crippen LogP contribution is 2.18. The molecule has 2 aromatic carbocycles. The van der Waals surface area contributed by atoms with E-state index in [1.54, 1.807) is 43.3 Å². The number of methoxy groups -OCH3 is 1. The highest BCUT2D eigenvalue weighted by molar-refractivity contribution is 5.78. The molecule has 0 fully saturated rings. The van der Waals surface area contributed by atoms with Crippen LogP contribution in [0.25, 0.3) is 0 Å². The molecule has 0 aliphatic carbocycles. The lowest BCUT2D eigenvalue weighted by Crippen LogP contribution is -2.32. The molecular formula is C18H21NO3. The Bertz CT molecular complexity index is 595. The van der Waals surface area contributed by atoms with Gasteiger partial charge in [-0.15, -0.1) is 0 Å². The lowest BCUT2D eigenvalue weighted by atomic mass is 10.1. The van der Waals surface area contributed by atoms with Gasteiger partial charge >= 0.3 is 0 Å². The molecule has 1 amide bonds. The van der Waals surface area contributed by atoms with E-state index in [1.807, 2.05) is 30.3 Å². The number of hydrogen-bond acceptors (Lipinski definition) is 3. The molecular weight excluding hydrogens is 278 g/mol. The molecule has 22 heavy (non-hydrogen) atoms. The van der Waals surface area contributed by atoms with E-state index >= 15 is 0 Å². The van der Waals surface area contributed by atoms with Crippen molar-refractivity contribution in [1.82, 2.24) is 4.90 Å². The van der Waals surface area contributed by atoms with Crippen LogP contribution in [0.5, 0.6) is 5.75 Å². The number of hydrogen-bond donors (Lipinski definition) is 1. The molecule has 4 heteroatoms. The number of amides is 1. The minimum absolute atomic E-state index is 0.0150. The molecule has 0 heterocycles. The fourth-order valence-corrected chi connectivity index (χ4v) is 2.20. The molecule has 0 radical (unpaired) electrons. The molecule has 0 aliphatic heterocycles. The maximum atomic E-state index is 12.2. The Labute approximate surface area is 131 Å². The van der Waals surface area contributed by atoms with E-state index in [-0.39, 0.29) is 12.5 Å². The Morgan fingerprint density at radius 3 is 2.36 bits per heavy atom. The van der Waals surface area contributed by atoms with E-state index in [0.717, 1.165) is 16.9 Å². The lowest BCUT2D eigenvalue weighted by Gasteiger charge is -2.21. The highest BCUT2D eigenvalue weighted by Gasteiger charge is 2.15. The van der Waals surface area contributed by atoms with Gasteiger partial charge in [-0.25, -0.2) is 0 Å². The second kappa shape index (κ2) is 7.61. The molecule has 2 rings (SSSR count). The average molecular weight is 299 g/mol. The molecule has 0 bridgehead atoms. The quantitative estimate of drug-likeness (QED) is 0.891. The number of nitrogens with zero attached hydrogens (tertiary/aromatic N) is 1. The fourth-order valence-electron chi connectivity index (χ4n) is 2.20. The van der Waals surface area contributed by atoms with Crippen LogP contribution in [0.2, 0.25) is 0 Å². The standard InChI is InChI=1S/C18H21NO3/c1-19(18(21)12-14-6-4-3-5-7-14)13-17(20)15-8-10-16(22-2)11-9-15/h3-11,17,20H,12-13H2,1-2H3. The van der Waals surface area contributed by atoms with Crippen molar-refractivity contribution in [2.75, 3.05) is 20.7 Å². The number of ether oxygens (including phenoxy) is 1. The Balaban J connectivity index is 1.92. The van der Waals surface area contributed by atoms with E-state index in [2.05, 4.69) is 0 Å². The van der Waals surface area contributed by atoms with E-state index in [4.69, 9.17) is 4.74 Å². The normalized spacial score (nSPS) is 11.8. The number of likely N-dealkylation sites (N-methyl/N-ethyl adjacent to an activating group) is 1. The van der Waals surface area contributed by atoms with Crippen molar-refractivity contribution in [3.05, 3.63) is 65.7 Å². The van der Waals surface area contributed by atoms with E-state index < -0.39 is 6.10 Å². The van der Waals surface area contributed by atoms with Crippen molar-refractivity contribution < 1.29 is 14.6 Å². The van der Waals surface area contributed by atoms with Crippen LogP contribution in [0, 0.1) is 0 Å². The Kier molecular flexibility index (Phi) is 5.55. The van der Waals surface area contributed by atoms with Gasteiger partial charge in [-0.1, -0.05) is 42.5 Å². The second-order valence-corrected chi connectivity index (χ2v) is 5.23. The van der Waals surface area contributed by atoms with Crippen LogP contribution in [-0.2, 0) is 11.2 Å². The average Bonchev–Trinajstić information content (AvgIpc) is 2.55. The smallest absolute Gasteiger partial charge is 0.226 e. The zero-order valence-electron chi connectivity index (χ0n) is 12.9. The third-order valence-electron chi connectivity index (χ3n) is 3.57. The van der Waals surface area contributed by atoms with Gasteiger partial charge in [0.05, 0.1) is 26.2 Å². The van der Waals surface area contributed by atoms with Crippen molar-refractivity contribution in [3.8, 4) is 5.75 Å². The van der Waals surface area contributed by atoms with Gasteiger partial charge in [-0.05, 0) is 23.3 Å². The van der Waals surface area contributed by atoms with Crippen molar-refractivity contribution in [2.24, 2.45) is 0 Å². The monoisotopic (exact) mass is 299 g/mol. The van der Waals surface area contributed by atoms with Gasteiger partial charge in [0.25, 0.3) is 0 Å². The van der Waals surface area contributed by atoms with Gasteiger partial charge in [-0.3, -0.25) is 4.79 Å². The number of benzene rings is 2. The first-order valence-corrected chi connectivity index (χ1v) is 7.20. The summed E-state index contributed by atoms with van der Waals surface area (Å²) in [5, 5.41) is 10.2. The van der Waals surface area contributed by atoms with Gasteiger partial charge in [0.2, 0.25) is 5.91 Å². The van der Waals surface area contributed by atoms with Crippen LogP contribution in [0.3, 0.4) is 0 Å². The third-order valence-corrected chi connectivity index (χ3v) is 3.57. The van der Waals surface area contributed by atoms with Gasteiger partial charge in [-0.2, -0.15) is 0 Å². The van der Waals surface area contributed by atoms with Crippen molar-refractivity contribution in [3.63, 3.8) is 0 Å². The zero-order chi connectivity index (χ0) is 15.9. The fraction of sp³-hybridized carbons (Fsp3) is 0.278. The molecule has 2 aromatic rings. The van der Waals surface area contributed by atoms with Crippen molar-refractivity contribution >= 4 is 5.91 Å². The molecule has 116 valence electrons. The van der Waals surface area contributed by atoms with Crippen LogP contribution in [0.15, 0.2) is 54.6 Å². The van der Waals surface area contributed by atoms with Gasteiger partial charge in [0, 0.05) is 7.05 Å². The third kappa shape index (κ3) is 4.33. The molecule has 0 saturated heterocycles. The number of carbonyl (C=O) groups excluding carboxylic acids is 1. The molecule has 1 unspecified atom stereocenters. The second-order valence-electron chi connectivity index (χ2n) is 5.23. The van der Waals surface area contributed by atoms with E-state index in [1.165, 1.54) is 0 Å². The maximum Gasteiger partial charge on any atom is 0.226 e. The summed E-state index contributed by atoms with van der Waals surface area (Å²) >= 11 is 0. The summed E-state index contributed by atoms with van der Waals surface area (Å²) in [7, 11) is 3.31. The SMILES string of the molecule is COc1ccc(C(O)CN(C)C(=O)Cc2ccccc2)cc1. The molecule has 1 N–H and O–H groups in total. The first-order chi connectivity index (χ1) is 10.6. The topological polar surface area (TPSA) is 49.8 Å². The Morgan fingerprint density at radius 2 is 1.77 bits per heavy atom. The summed E-state index contributed by atoms with van der Waals surface area (Å²) in [5.41, 5.74) is 1.73. The lowest BCUT2D eigenvalue weighted by molar-refractivity contribution is -0.130. The predicted molar refractivity (Wildman–Crippen MR) is 85.7 cm³/mol. The Morgan fingerprint density at radius 1 is 1.14 bits per heavy atom.